The van der Waals surface area contributed by atoms with Gasteiger partial charge in [-0.2, -0.15) is 0 Å². The SMILES string of the molecule is CC(C)CCCO[C@@H]1O[C@H](CO)[C@@H](O)[C@H](O)[C@H]1O. The summed E-state index contributed by atoms with van der Waals surface area (Å²) in [5.74, 6) is 0.573. The molecule has 0 spiro atoms. The third-order valence-corrected chi connectivity index (χ3v) is 3.06. The van der Waals surface area contributed by atoms with Gasteiger partial charge in [-0.25, -0.2) is 0 Å². The topological polar surface area (TPSA) is 99.4 Å². The molecule has 0 bridgehead atoms. The zero-order chi connectivity index (χ0) is 13.7. The van der Waals surface area contributed by atoms with Crippen LogP contribution in [0.4, 0.5) is 0 Å². The van der Waals surface area contributed by atoms with Crippen LogP contribution in [0.3, 0.4) is 0 Å². The van der Waals surface area contributed by atoms with Crippen molar-refractivity contribution in [3.8, 4) is 0 Å². The third kappa shape index (κ3) is 4.15. The quantitative estimate of drug-likeness (QED) is 0.471. The van der Waals surface area contributed by atoms with Crippen molar-refractivity contribution in [3.05, 3.63) is 0 Å². The lowest BCUT2D eigenvalue weighted by molar-refractivity contribution is -0.301. The Morgan fingerprint density at radius 3 is 2.33 bits per heavy atom. The molecule has 108 valence electrons. The highest BCUT2D eigenvalue weighted by molar-refractivity contribution is 4.88. The van der Waals surface area contributed by atoms with Crippen LogP contribution in [0, 0.1) is 5.92 Å². The Bertz CT molecular complexity index is 233. The molecule has 5 atom stereocenters. The highest BCUT2D eigenvalue weighted by atomic mass is 16.7. The molecule has 0 aromatic heterocycles. The Hall–Kier alpha value is -0.240. The molecule has 0 aromatic rings. The van der Waals surface area contributed by atoms with Gasteiger partial charge in [-0.05, 0) is 18.8 Å². The molecule has 1 fully saturated rings. The molecular formula is C12H24O6. The maximum atomic E-state index is 9.69. The molecule has 1 rings (SSSR count). The summed E-state index contributed by atoms with van der Waals surface area (Å²) in [4.78, 5) is 0. The van der Waals surface area contributed by atoms with E-state index in [0.29, 0.717) is 12.5 Å². The lowest BCUT2D eigenvalue weighted by Gasteiger charge is -2.39. The average molecular weight is 264 g/mol. The van der Waals surface area contributed by atoms with Gasteiger partial charge in [0.2, 0.25) is 0 Å². The standard InChI is InChI=1S/C12H24O6/c1-7(2)4-3-5-17-12-11(16)10(15)9(14)8(6-13)18-12/h7-16H,3-6H2,1-2H3/t8-,9-,10+,11-,12-/m1/s1. The molecule has 0 aromatic carbocycles. The molecule has 0 saturated carbocycles. The molecule has 18 heavy (non-hydrogen) atoms. The van der Waals surface area contributed by atoms with Crippen LogP contribution in [0.5, 0.6) is 0 Å². The molecular weight excluding hydrogens is 240 g/mol. The molecule has 4 N–H and O–H groups in total. The van der Waals surface area contributed by atoms with E-state index in [-0.39, 0.29) is 0 Å². The summed E-state index contributed by atoms with van der Waals surface area (Å²) in [5, 5.41) is 37.8. The van der Waals surface area contributed by atoms with Crippen molar-refractivity contribution in [2.24, 2.45) is 5.92 Å². The summed E-state index contributed by atoms with van der Waals surface area (Å²) in [7, 11) is 0. The molecule has 0 unspecified atom stereocenters. The van der Waals surface area contributed by atoms with E-state index in [1.807, 2.05) is 0 Å². The molecule has 1 saturated heterocycles. The van der Waals surface area contributed by atoms with E-state index < -0.39 is 37.3 Å². The average Bonchev–Trinajstić information content (AvgIpc) is 2.34. The van der Waals surface area contributed by atoms with Crippen molar-refractivity contribution in [1.82, 2.24) is 0 Å². The van der Waals surface area contributed by atoms with E-state index in [4.69, 9.17) is 14.6 Å². The lowest BCUT2D eigenvalue weighted by atomic mass is 9.99. The van der Waals surface area contributed by atoms with Gasteiger partial charge < -0.3 is 29.9 Å². The summed E-state index contributed by atoms with van der Waals surface area (Å²) in [6.07, 6.45) is -4.09. The fourth-order valence-electron chi connectivity index (χ4n) is 1.90. The maximum absolute atomic E-state index is 9.69. The second-order valence-corrected chi connectivity index (χ2v) is 5.10. The predicted octanol–water partition coefficient (Wildman–Crippen LogP) is -0.761. The van der Waals surface area contributed by atoms with E-state index in [9.17, 15) is 15.3 Å². The number of ether oxygens (including phenoxy) is 2. The first kappa shape index (κ1) is 15.8. The first-order valence-electron chi connectivity index (χ1n) is 6.39. The lowest BCUT2D eigenvalue weighted by Crippen LogP contribution is -2.59. The Morgan fingerprint density at radius 1 is 1.11 bits per heavy atom. The zero-order valence-electron chi connectivity index (χ0n) is 10.9. The highest BCUT2D eigenvalue weighted by Gasteiger charge is 2.43. The molecule has 1 aliphatic heterocycles. The van der Waals surface area contributed by atoms with Crippen LogP contribution in [0.2, 0.25) is 0 Å². The van der Waals surface area contributed by atoms with E-state index in [1.54, 1.807) is 0 Å². The second-order valence-electron chi connectivity index (χ2n) is 5.10. The summed E-state index contributed by atoms with van der Waals surface area (Å²) in [6.45, 7) is 4.18. The summed E-state index contributed by atoms with van der Waals surface area (Å²) < 4.78 is 10.5. The summed E-state index contributed by atoms with van der Waals surface area (Å²) in [5.41, 5.74) is 0. The Labute approximate surface area is 107 Å². The maximum Gasteiger partial charge on any atom is 0.186 e. The minimum atomic E-state index is -1.37. The first-order valence-corrected chi connectivity index (χ1v) is 6.39. The van der Waals surface area contributed by atoms with Crippen LogP contribution in [-0.4, -0.2) is 64.3 Å². The number of rotatable bonds is 6. The molecule has 6 heteroatoms. The van der Waals surface area contributed by atoms with Crippen molar-refractivity contribution >= 4 is 0 Å². The Kier molecular flexibility index (Phi) is 6.48. The third-order valence-electron chi connectivity index (χ3n) is 3.06. The van der Waals surface area contributed by atoms with E-state index in [0.717, 1.165) is 12.8 Å². The first-order chi connectivity index (χ1) is 8.47. The fraction of sp³-hybridized carbons (Fsp3) is 1.00. The number of hydrogen-bond donors (Lipinski definition) is 4. The van der Waals surface area contributed by atoms with Gasteiger partial charge in [0.05, 0.1) is 6.61 Å². The van der Waals surface area contributed by atoms with Gasteiger partial charge in [0.25, 0.3) is 0 Å². The van der Waals surface area contributed by atoms with Crippen molar-refractivity contribution in [2.75, 3.05) is 13.2 Å². The van der Waals surface area contributed by atoms with Crippen molar-refractivity contribution in [1.29, 1.82) is 0 Å². The monoisotopic (exact) mass is 264 g/mol. The molecule has 1 aliphatic rings. The fourth-order valence-corrected chi connectivity index (χ4v) is 1.90. The highest BCUT2D eigenvalue weighted by Crippen LogP contribution is 2.22. The van der Waals surface area contributed by atoms with Crippen LogP contribution in [-0.2, 0) is 9.47 Å². The van der Waals surface area contributed by atoms with Gasteiger partial charge in [0.15, 0.2) is 6.29 Å². The minimum absolute atomic E-state index is 0.404. The number of aliphatic hydroxyl groups is 4. The van der Waals surface area contributed by atoms with Crippen LogP contribution in [0.1, 0.15) is 26.7 Å². The Balaban J connectivity index is 2.39. The predicted molar refractivity (Wildman–Crippen MR) is 63.8 cm³/mol. The molecule has 0 amide bonds. The van der Waals surface area contributed by atoms with Crippen molar-refractivity contribution < 1.29 is 29.9 Å². The van der Waals surface area contributed by atoms with Crippen LogP contribution in [0.15, 0.2) is 0 Å². The largest absolute Gasteiger partial charge is 0.394 e. The molecule has 0 radical (unpaired) electrons. The van der Waals surface area contributed by atoms with E-state index in [1.165, 1.54) is 0 Å². The van der Waals surface area contributed by atoms with Gasteiger partial charge in [-0.3, -0.25) is 0 Å². The summed E-state index contributed by atoms with van der Waals surface area (Å²) in [6, 6.07) is 0. The van der Waals surface area contributed by atoms with Crippen LogP contribution >= 0.6 is 0 Å². The van der Waals surface area contributed by atoms with E-state index in [2.05, 4.69) is 13.8 Å². The minimum Gasteiger partial charge on any atom is -0.394 e. The van der Waals surface area contributed by atoms with Gasteiger partial charge in [0.1, 0.15) is 24.4 Å². The van der Waals surface area contributed by atoms with E-state index >= 15 is 0 Å². The van der Waals surface area contributed by atoms with Gasteiger partial charge in [0, 0.05) is 6.61 Å². The molecule has 6 nitrogen and oxygen atoms in total. The zero-order valence-corrected chi connectivity index (χ0v) is 10.9. The second kappa shape index (κ2) is 7.37. The van der Waals surface area contributed by atoms with Gasteiger partial charge >= 0.3 is 0 Å². The Morgan fingerprint density at radius 2 is 1.78 bits per heavy atom. The number of aliphatic hydroxyl groups excluding tert-OH is 4. The van der Waals surface area contributed by atoms with Crippen LogP contribution < -0.4 is 0 Å². The molecule has 1 heterocycles. The normalized spacial score (nSPS) is 37.2. The molecule has 0 aliphatic carbocycles. The van der Waals surface area contributed by atoms with Crippen molar-refractivity contribution in [3.63, 3.8) is 0 Å². The van der Waals surface area contributed by atoms with Gasteiger partial charge in [-0.1, -0.05) is 13.8 Å². The van der Waals surface area contributed by atoms with Crippen LogP contribution in [0.25, 0.3) is 0 Å². The van der Waals surface area contributed by atoms with Gasteiger partial charge in [-0.15, -0.1) is 0 Å². The smallest absolute Gasteiger partial charge is 0.186 e. The van der Waals surface area contributed by atoms with Crippen molar-refractivity contribution in [2.45, 2.75) is 57.4 Å². The summed E-state index contributed by atoms with van der Waals surface area (Å²) >= 11 is 0. The number of hydrogen-bond acceptors (Lipinski definition) is 6.